The van der Waals surface area contributed by atoms with Gasteiger partial charge in [0.25, 0.3) is 0 Å². The molecule has 0 unspecified atom stereocenters. The van der Waals surface area contributed by atoms with E-state index in [1.165, 1.54) is 24.7 Å². The third kappa shape index (κ3) is 5.53. The molecule has 1 aliphatic rings. The Morgan fingerprint density at radius 2 is 2.10 bits per heavy atom. The lowest BCUT2D eigenvalue weighted by atomic mass is 9.97. The zero-order valence-electron chi connectivity index (χ0n) is 16.9. The van der Waals surface area contributed by atoms with Gasteiger partial charge >= 0.3 is 11.7 Å². The van der Waals surface area contributed by atoms with Gasteiger partial charge in [-0.1, -0.05) is 17.7 Å². The van der Waals surface area contributed by atoms with Crippen LogP contribution in [0.3, 0.4) is 0 Å². The Morgan fingerprint density at radius 1 is 1.27 bits per heavy atom. The third-order valence-electron chi connectivity index (χ3n) is 4.76. The standard InChI is InChI=1S/C21H25N5O4/c1-2-30-21(27)16-9-6-10-17(13-16)25-20-18(26(28)29)19(23-14-24-20)22-12-11-15-7-4-3-5-8-15/h6-7,9-10,13-14H,2-5,8,11-12H2,1H3,(H2,22,23,24,25). The first-order chi connectivity index (χ1) is 14.6. The lowest BCUT2D eigenvalue weighted by Gasteiger charge is -2.14. The number of nitrogens with zero attached hydrogens (tertiary/aromatic N) is 3. The molecule has 158 valence electrons. The SMILES string of the molecule is CCOC(=O)c1cccc(Nc2ncnc(NCCC3=CCCCC3)c2[N+](=O)[O-])c1. The summed E-state index contributed by atoms with van der Waals surface area (Å²) in [7, 11) is 0. The molecule has 2 N–H and O–H groups in total. The molecule has 1 heterocycles. The number of carbonyl (C=O) groups excluding carboxylic acids is 1. The van der Waals surface area contributed by atoms with Crippen LogP contribution >= 0.6 is 0 Å². The second-order valence-electron chi connectivity index (χ2n) is 6.89. The summed E-state index contributed by atoms with van der Waals surface area (Å²) in [6.07, 6.45) is 8.94. The highest BCUT2D eigenvalue weighted by Gasteiger charge is 2.23. The van der Waals surface area contributed by atoms with E-state index in [2.05, 4.69) is 26.7 Å². The van der Waals surface area contributed by atoms with Crippen molar-refractivity contribution in [2.45, 2.75) is 39.0 Å². The highest BCUT2D eigenvalue weighted by molar-refractivity contribution is 5.91. The van der Waals surface area contributed by atoms with E-state index in [-0.39, 0.29) is 23.9 Å². The smallest absolute Gasteiger partial charge is 0.353 e. The summed E-state index contributed by atoms with van der Waals surface area (Å²) in [6.45, 7) is 2.55. The van der Waals surface area contributed by atoms with Crippen molar-refractivity contribution >= 4 is 29.0 Å². The van der Waals surface area contributed by atoms with Gasteiger partial charge in [0, 0.05) is 12.2 Å². The van der Waals surface area contributed by atoms with Gasteiger partial charge in [-0.2, -0.15) is 0 Å². The van der Waals surface area contributed by atoms with Gasteiger partial charge < -0.3 is 15.4 Å². The minimum absolute atomic E-state index is 0.0513. The van der Waals surface area contributed by atoms with Crippen molar-refractivity contribution in [3.8, 4) is 0 Å². The zero-order valence-corrected chi connectivity index (χ0v) is 16.9. The summed E-state index contributed by atoms with van der Waals surface area (Å²) < 4.78 is 4.99. The minimum atomic E-state index is -0.514. The normalized spacial score (nSPS) is 13.3. The Balaban J connectivity index is 1.76. The predicted octanol–water partition coefficient (Wildman–Crippen LogP) is 4.61. The zero-order chi connectivity index (χ0) is 21.3. The van der Waals surface area contributed by atoms with Crippen molar-refractivity contribution < 1.29 is 14.5 Å². The number of esters is 1. The first-order valence-electron chi connectivity index (χ1n) is 10.0. The second-order valence-corrected chi connectivity index (χ2v) is 6.89. The molecule has 1 aromatic heterocycles. The van der Waals surface area contributed by atoms with Crippen LogP contribution in [0.4, 0.5) is 23.0 Å². The average molecular weight is 411 g/mol. The molecule has 2 aromatic rings. The molecule has 0 bridgehead atoms. The van der Waals surface area contributed by atoms with Crippen LogP contribution in [0.25, 0.3) is 0 Å². The van der Waals surface area contributed by atoms with Crippen LogP contribution in [0, 0.1) is 10.1 Å². The molecule has 0 amide bonds. The van der Waals surface area contributed by atoms with Crippen LogP contribution in [0.5, 0.6) is 0 Å². The monoisotopic (exact) mass is 411 g/mol. The average Bonchev–Trinajstić information content (AvgIpc) is 2.75. The number of anilines is 3. The fourth-order valence-electron chi connectivity index (χ4n) is 3.32. The van der Waals surface area contributed by atoms with Crippen molar-refractivity contribution in [3.63, 3.8) is 0 Å². The number of aromatic nitrogens is 2. The van der Waals surface area contributed by atoms with E-state index in [4.69, 9.17) is 4.74 Å². The van der Waals surface area contributed by atoms with Crippen LogP contribution < -0.4 is 10.6 Å². The van der Waals surface area contributed by atoms with Gasteiger partial charge in [0.2, 0.25) is 11.6 Å². The molecule has 1 aromatic carbocycles. The van der Waals surface area contributed by atoms with E-state index < -0.39 is 10.9 Å². The summed E-state index contributed by atoms with van der Waals surface area (Å²) in [4.78, 5) is 31.2. The maximum Gasteiger partial charge on any atom is 0.353 e. The molecule has 1 aliphatic carbocycles. The molecule has 0 saturated carbocycles. The Bertz CT molecular complexity index is 945. The highest BCUT2D eigenvalue weighted by Crippen LogP contribution is 2.31. The van der Waals surface area contributed by atoms with Gasteiger partial charge in [0.15, 0.2) is 0 Å². The molecular weight excluding hydrogens is 386 g/mol. The Morgan fingerprint density at radius 3 is 2.83 bits per heavy atom. The number of rotatable bonds is 9. The summed E-state index contributed by atoms with van der Waals surface area (Å²) >= 11 is 0. The van der Waals surface area contributed by atoms with Gasteiger partial charge in [-0.05, 0) is 57.2 Å². The summed E-state index contributed by atoms with van der Waals surface area (Å²) in [5.41, 5.74) is 1.97. The van der Waals surface area contributed by atoms with Crippen LogP contribution in [0.1, 0.15) is 49.4 Å². The number of benzene rings is 1. The first-order valence-corrected chi connectivity index (χ1v) is 10.0. The van der Waals surface area contributed by atoms with E-state index >= 15 is 0 Å². The number of nitrogens with one attached hydrogen (secondary N) is 2. The molecular formula is C21H25N5O4. The Kier molecular flexibility index (Phi) is 7.31. The summed E-state index contributed by atoms with van der Waals surface area (Å²) in [5.74, 6) is -0.247. The maximum absolute atomic E-state index is 11.9. The molecule has 0 radical (unpaired) electrons. The predicted molar refractivity (Wildman–Crippen MR) is 114 cm³/mol. The van der Waals surface area contributed by atoms with Gasteiger partial charge in [-0.3, -0.25) is 10.1 Å². The van der Waals surface area contributed by atoms with Crippen molar-refractivity contribution in [3.05, 3.63) is 57.9 Å². The van der Waals surface area contributed by atoms with Crippen LogP contribution in [0.15, 0.2) is 42.2 Å². The molecule has 9 heteroatoms. The fourth-order valence-corrected chi connectivity index (χ4v) is 3.32. The minimum Gasteiger partial charge on any atom is -0.462 e. The van der Waals surface area contributed by atoms with Crippen molar-refractivity contribution in [2.24, 2.45) is 0 Å². The van der Waals surface area contributed by atoms with Crippen molar-refractivity contribution in [1.82, 2.24) is 9.97 Å². The van der Waals surface area contributed by atoms with Crippen molar-refractivity contribution in [2.75, 3.05) is 23.8 Å². The van der Waals surface area contributed by atoms with Gasteiger partial charge in [0.1, 0.15) is 6.33 Å². The van der Waals surface area contributed by atoms with Crippen LogP contribution in [-0.4, -0.2) is 34.0 Å². The number of allylic oxidation sites excluding steroid dienone is 1. The topological polar surface area (TPSA) is 119 Å². The number of hydrogen-bond donors (Lipinski definition) is 2. The van der Waals surface area contributed by atoms with Gasteiger partial charge in [0.05, 0.1) is 17.1 Å². The lowest BCUT2D eigenvalue weighted by Crippen LogP contribution is -2.10. The Labute approximate surface area is 174 Å². The van der Waals surface area contributed by atoms with Gasteiger partial charge in [-0.15, -0.1) is 0 Å². The van der Waals surface area contributed by atoms with Gasteiger partial charge in [-0.25, -0.2) is 14.8 Å². The number of nitro groups is 1. The van der Waals surface area contributed by atoms with Crippen LogP contribution in [0.2, 0.25) is 0 Å². The number of ether oxygens (including phenoxy) is 1. The molecule has 3 rings (SSSR count). The molecule has 0 spiro atoms. The van der Waals surface area contributed by atoms with E-state index in [0.717, 1.165) is 19.3 Å². The second kappa shape index (κ2) is 10.3. The largest absolute Gasteiger partial charge is 0.462 e. The Hall–Kier alpha value is -3.49. The number of carbonyl (C=O) groups is 1. The molecule has 0 fully saturated rings. The highest BCUT2D eigenvalue weighted by atomic mass is 16.6. The third-order valence-corrected chi connectivity index (χ3v) is 4.76. The molecule has 30 heavy (non-hydrogen) atoms. The summed E-state index contributed by atoms with van der Waals surface area (Å²) in [5, 5.41) is 17.7. The van der Waals surface area contributed by atoms with Crippen LogP contribution in [-0.2, 0) is 4.74 Å². The molecule has 0 atom stereocenters. The van der Waals surface area contributed by atoms with E-state index in [1.54, 1.807) is 31.2 Å². The fraction of sp³-hybridized carbons (Fsp3) is 0.381. The van der Waals surface area contributed by atoms with E-state index in [0.29, 0.717) is 17.8 Å². The first kappa shape index (κ1) is 21.2. The van der Waals surface area contributed by atoms with E-state index in [9.17, 15) is 14.9 Å². The number of hydrogen-bond acceptors (Lipinski definition) is 8. The van der Waals surface area contributed by atoms with E-state index in [1.807, 2.05) is 0 Å². The molecule has 0 saturated heterocycles. The maximum atomic E-state index is 11.9. The molecule has 9 nitrogen and oxygen atoms in total. The quantitative estimate of drug-likeness (QED) is 0.266. The van der Waals surface area contributed by atoms with Crippen molar-refractivity contribution in [1.29, 1.82) is 0 Å². The lowest BCUT2D eigenvalue weighted by molar-refractivity contribution is -0.383. The molecule has 0 aliphatic heterocycles. The summed E-state index contributed by atoms with van der Waals surface area (Å²) in [6, 6.07) is 6.53.